The summed E-state index contributed by atoms with van der Waals surface area (Å²) in [4.78, 5) is 29.9. The summed E-state index contributed by atoms with van der Waals surface area (Å²) >= 11 is 0. The van der Waals surface area contributed by atoms with Gasteiger partial charge in [-0.2, -0.15) is 4.89 Å². The molecule has 0 aliphatic rings. The van der Waals surface area contributed by atoms with Gasteiger partial charge in [-0.05, 0) is 13.3 Å². The SMILES string of the molecule is CCCCOOC(=O)CC(C)=O.[In]. The minimum atomic E-state index is -0.626. The maximum absolute atomic E-state index is 10.6. The van der Waals surface area contributed by atoms with Crippen LogP contribution in [0.2, 0.25) is 0 Å². The molecule has 0 amide bonds. The minimum absolute atomic E-state index is 0. The molecule has 0 saturated heterocycles. The number of carbonyl (C=O) groups excluding carboxylic acids is 2. The van der Waals surface area contributed by atoms with Crippen LogP contribution in [0.3, 0.4) is 0 Å². The molecule has 0 fully saturated rings. The van der Waals surface area contributed by atoms with Gasteiger partial charge in [0.05, 0.1) is 6.61 Å². The quantitative estimate of drug-likeness (QED) is 0.315. The van der Waals surface area contributed by atoms with Crippen molar-refractivity contribution < 1.29 is 19.4 Å². The second-order valence-corrected chi connectivity index (χ2v) is 2.51. The van der Waals surface area contributed by atoms with Crippen LogP contribution < -0.4 is 0 Å². The molecule has 3 radical (unpaired) electrons. The van der Waals surface area contributed by atoms with Gasteiger partial charge >= 0.3 is 5.97 Å². The molecule has 0 saturated carbocycles. The van der Waals surface area contributed by atoms with Gasteiger partial charge in [0.15, 0.2) is 0 Å². The average molecular weight is 289 g/mol. The first kappa shape index (κ1) is 15.4. The van der Waals surface area contributed by atoms with Gasteiger partial charge in [-0.15, -0.1) is 0 Å². The van der Waals surface area contributed by atoms with Crippen LogP contribution in [0.1, 0.15) is 33.1 Å². The van der Waals surface area contributed by atoms with Gasteiger partial charge in [-0.1, -0.05) is 13.3 Å². The van der Waals surface area contributed by atoms with Crippen LogP contribution in [0.5, 0.6) is 0 Å². The van der Waals surface area contributed by atoms with Crippen molar-refractivity contribution >= 4 is 37.6 Å². The van der Waals surface area contributed by atoms with E-state index in [1.165, 1.54) is 6.92 Å². The molecule has 0 aliphatic carbocycles. The number of ketones is 1. The van der Waals surface area contributed by atoms with Crippen LogP contribution in [0.25, 0.3) is 0 Å². The van der Waals surface area contributed by atoms with E-state index in [4.69, 9.17) is 0 Å². The fourth-order valence-electron chi connectivity index (χ4n) is 0.543. The van der Waals surface area contributed by atoms with E-state index in [2.05, 4.69) is 9.78 Å². The van der Waals surface area contributed by atoms with Crippen LogP contribution in [-0.2, 0) is 19.4 Å². The second kappa shape index (κ2) is 10.1. The number of unbranched alkanes of at least 4 members (excludes halogenated alkanes) is 1. The van der Waals surface area contributed by atoms with E-state index in [-0.39, 0.29) is 38.0 Å². The molecule has 0 aromatic rings. The van der Waals surface area contributed by atoms with Crippen molar-refractivity contribution in [2.24, 2.45) is 0 Å². The molecular weight excluding hydrogens is 275 g/mol. The standard InChI is InChI=1S/C8H14O4.In/c1-3-4-5-11-12-8(10)6-7(2)9;/h3-6H2,1-2H3;. The van der Waals surface area contributed by atoms with Crippen LogP contribution in [0.15, 0.2) is 0 Å². The maximum atomic E-state index is 10.6. The third-order valence-electron chi connectivity index (χ3n) is 1.13. The normalized spacial score (nSPS) is 8.77. The number of hydrogen-bond acceptors (Lipinski definition) is 4. The first-order valence-corrected chi connectivity index (χ1v) is 3.98. The van der Waals surface area contributed by atoms with Gasteiger partial charge in [-0.25, -0.2) is 4.79 Å². The van der Waals surface area contributed by atoms with E-state index in [0.29, 0.717) is 6.61 Å². The van der Waals surface area contributed by atoms with E-state index in [1.54, 1.807) is 0 Å². The molecule has 0 heterocycles. The monoisotopic (exact) mass is 289 g/mol. The number of carbonyl (C=O) groups is 2. The Morgan fingerprint density at radius 3 is 2.38 bits per heavy atom. The van der Waals surface area contributed by atoms with Gasteiger partial charge in [0.25, 0.3) is 0 Å². The Morgan fingerprint density at radius 1 is 1.31 bits per heavy atom. The zero-order chi connectivity index (χ0) is 9.40. The predicted octanol–water partition coefficient (Wildman–Crippen LogP) is 0.860. The molecule has 0 rings (SSSR count). The summed E-state index contributed by atoms with van der Waals surface area (Å²) in [6.07, 6.45) is 1.60. The summed E-state index contributed by atoms with van der Waals surface area (Å²) in [6, 6.07) is 0. The van der Waals surface area contributed by atoms with Gasteiger partial charge in [0.2, 0.25) is 0 Å². The topological polar surface area (TPSA) is 52.6 Å². The van der Waals surface area contributed by atoms with Gasteiger partial charge in [-0.3, -0.25) is 9.68 Å². The summed E-state index contributed by atoms with van der Waals surface area (Å²) < 4.78 is 0. The molecule has 0 aromatic carbocycles. The predicted molar refractivity (Wildman–Crippen MR) is 48.0 cm³/mol. The van der Waals surface area contributed by atoms with E-state index in [9.17, 15) is 9.59 Å². The van der Waals surface area contributed by atoms with Crippen LogP contribution >= 0.6 is 0 Å². The van der Waals surface area contributed by atoms with Crippen molar-refractivity contribution in [1.29, 1.82) is 0 Å². The largest absolute Gasteiger partial charge is 0.349 e. The Kier molecular flexibility index (Phi) is 11.9. The van der Waals surface area contributed by atoms with E-state index in [1.807, 2.05) is 6.92 Å². The molecule has 5 heteroatoms. The summed E-state index contributed by atoms with van der Waals surface area (Å²) in [5.74, 6) is -0.849. The van der Waals surface area contributed by atoms with E-state index >= 15 is 0 Å². The Morgan fingerprint density at radius 2 is 1.92 bits per heavy atom. The minimum Gasteiger partial charge on any atom is -0.299 e. The number of Topliss-reactive ketones (excluding diaryl/α,β-unsaturated/α-hetero) is 1. The first-order chi connectivity index (χ1) is 5.66. The van der Waals surface area contributed by atoms with Crippen molar-refractivity contribution in [3.8, 4) is 0 Å². The second-order valence-electron chi connectivity index (χ2n) is 2.51. The van der Waals surface area contributed by atoms with Crippen molar-refractivity contribution in [1.82, 2.24) is 0 Å². The van der Waals surface area contributed by atoms with Gasteiger partial charge < -0.3 is 0 Å². The van der Waals surface area contributed by atoms with Crippen LogP contribution in [0, 0.1) is 0 Å². The smallest absolute Gasteiger partial charge is 0.299 e. The van der Waals surface area contributed by atoms with E-state index < -0.39 is 5.97 Å². The molecule has 13 heavy (non-hydrogen) atoms. The third-order valence-corrected chi connectivity index (χ3v) is 1.13. The molecular formula is C8H14InO4. The molecule has 0 N–H and O–H groups in total. The molecule has 73 valence electrons. The maximum Gasteiger partial charge on any atom is 0.349 e. The molecule has 0 spiro atoms. The van der Waals surface area contributed by atoms with Crippen LogP contribution in [0.4, 0.5) is 0 Å². The molecule has 0 unspecified atom stereocenters. The zero-order valence-corrected chi connectivity index (χ0v) is 11.3. The fourth-order valence-corrected chi connectivity index (χ4v) is 0.543. The zero-order valence-electron chi connectivity index (χ0n) is 8.04. The van der Waals surface area contributed by atoms with Gasteiger partial charge in [0, 0.05) is 25.8 Å². The molecule has 0 atom stereocenters. The summed E-state index contributed by atoms with van der Waals surface area (Å²) in [5, 5.41) is 0. The summed E-state index contributed by atoms with van der Waals surface area (Å²) in [5.41, 5.74) is 0. The number of hydrogen-bond donors (Lipinski definition) is 0. The molecule has 0 aromatic heterocycles. The summed E-state index contributed by atoms with van der Waals surface area (Å²) in [7, 11) is 0. The van der Waals surface area contributed by atoms with Crippen LogP contribution in [-0.4, -0.2) is 44.2 Å². The third kappa shape index (κ3) is 12.0. The summed E-state index contributed by atoms with van der Waals surface area (Å²) in [6.45, 7) is 3.72. The Hall–Kier alpha value is -0.0299. The van der Waals surface area contributed by atoms with Crippen molar-refractivity contribution in [3.63, 3.8) is 0 Å². The molecule has 0 aliphatic heterocycles. The Labute approximate surface area is 96.7 Å². The van der Waals surface area contributed by atoms with Crippen molar-refractivity contribution in [2.45, 2.75) is 33.1 Å². The van der Waals surface area contributed by atoms with E-state index in [0.717, 1.165) is 12.8 Å². The fraction of sp³-hybridized carbons (Fsp3) is 0.750. The Bertz CT molecular complexity index is 158. The number of rotatable bonds is 6. The molecule has 4 nitrogen and oxygen atoms in total. The van der Waals surface area contributed by atoms with Crippen molar-refractivity contribution in [2.75, 3.05) is 6.61 Å². The first-order valence-electron chi connectivity index (χ1n) is 3.98. The van der Waals surface area contributed by atoms with Crippen molar-refractivity contribution in [3.05, 3.63) is 0 Å². The Balaban J connectivity index is 0. The average Bonchev–Trinajstić information content (AvgIpc) is 1.97. The molecule has 0 bridgehead atoms. The van der Waals surface area contributed by atoms with Gasteiger partial charge in [0.1, 0.15) is 12.2 Å².